The molecule has 0 aromatic heterocycles. The van der Waals surface area contributed by atoms with Gasteiger partial charge in [-0.25, -0.2) is 0 Å². The van der Waals surface area contributed by atoms with E-state index in [1.54, 1.807) is 0 Å². The number of hydrogen-bond donors (Lipinski definition) is 1. The van der Waals surface area contributed by atoms with Gasteiger partial charge in [-0.15, -0.1) is 0 Å². The van der Waals surface area contributed by atoms with Gasteiger partial charge in [0.15, 0.2) is 0 Å². The quantitative estimate of drug-likeness (QED) is 0.813. The number of amides is 1. The number of alkyl halides is 3. The Hall–Kier alpha value is -0.940. The first-order valence-corrected chi connectivity index (χ1v) is 7.33. The van der Waals surface area contributed by atoms with Gasteiger partial charge in [-0.05, 0) is 30.9 Å². The highest BCUT2D eigenvalue weighted by Crippen LogP contribution is 2.36. The highest BCUT2D eigenvalue weighted by molar-refractivity contribution is 6.39. The molecule has 7 heteroatoms. The average molecular weight is 340 g/mol. The first-order chi connectivity index (χ1) is 9.70. The van der Waals surface area contributed by atoms with Crippen molar-refractivity contribution in [1.29, 1.82) is 0 Å². The van der Waals surface area contributed by atoms with E-state index in [4.69, 9.17) is 23.2 Å². The van der Waals surface area contributed by atoms with Gasteiger partial charge in [-0.3, -0.25) is 4.79 Å². The lowest BCUT2D eigenvalue weighted by Gasteiger charge is -2.19. The van der Waals surface area contributed by atoms with Crippen LogP contribution in [0.1, 0.15) is 42.1 Å². The summed E-state index contributed by atoms with van der Waals surface area (Å²) in [6, 6.07) is 1.45. The van der Waals surface area contributed by atoms with Crippen molar-refractivity contribution in [3.63, 3.8) is 0 Å². The number of nitrogens with one attached hydrogen (secondary N) is 1. The van der Waals surface area contributed by atoms with E-state index in [9.17, 15) is 18.0 Å². The largest absolute Gasteiger partial charge is 0.416 e. The van der Waals surface area contributed by atoms with Crippen molar-refractivity contribution in [2.24, 2.45) is 5.92 Å². The van der Waals surface area contributed by atoms with Gasteiger partial charge >= 0.3 is 6.18 Å². The molecule has 0 radical (unpaired) electrons. The second-order valence-electron chi connectivity index (χ2n) is 5.30. The number of rotatable bonds is 2. The van der Waals surface area contributed by atoms with Gasteiger partial charge in [-0.2, -0.15) is 13.2 Å². The molecule has 1 aliphatic carbocycles. The first kappa shape index (κ1) is 16.4. The summed E-state index contributed by atoms with van der Waals surface area (Å²) in [6.45, 7) is 2.02. The third-order valence-electron chi connectivity index (χ3n) is 3.77. The van der Waals surface area contributed by atoms with Crippen molar-refractivity contribution in [2.45, 2.75) is 38.4 Å². The number of hydrogen-bond acceptors (Lipinski definition) is 1. The Balaban J connectivity index is 2.25. The lowest BCUT2D eigenvalue weighted by Crippen LogP contribution is -2.36. The topological polar surface area (TPSA) is 29.1 Å². The monoisotopic (exact) mass is 339 g/mol. The van der Waals surface area contributed by atoms with Crippen LogP contribution in [0.4, 0.5) is 13.2 Å². The SMILES string of the molecule is C[C@@H]1CCCC1NC(=O)c1c(Cl)cc(C(F)(F)F)cc1Cl. The van der Waals surface area contributed by atoms with Crippen molar-refractivity contribution >= 4 is 29.1 Å². The fourth-order valence-electron chi connectivity index (χ4n) is 2.55. The number of benzene rings is 1. The van der Waals surface area contributed by atoms with Crippen LogP contribution in [0.15, 0.2) is 12.1 Å². The molecule has 1 saturated carbocycles. The molecule has 1 amide bonds. The molecule has 21 heavy (non-hydrogen) atoms. The fraction of sp³-hybridized carbons (Fsp3) is 0.500. The summed E-state index contributed by atoms with van der Waals surface area (Å²) >= 11 is 11.6. The Kier molecular flexibility index (Phi) is 4.73. The highest BCUT2D eigenvalue weighted by Gasteiger charge is 2.33. The summed E-state index contributed by atoms with van der Waals surface area (Å²) in [6.07, 6.45) is -1.68. The molecule has 1 N–H and O–H groups in total. The second kappa shape index (κ2) is 6.05. The van der Waals surface area contributed by atoms with E-state index in [1.165, 1.54) is 0 Å². The molecule has 1 aliphatic rings. The molecule has 2 atom stereocenters. The molecule has 0 bridgehead atoms. The van der Waals surface area contributed by atoms with Gasteiger partial charge in [0.1, 0.15) is 0 Å². The van der Waals surface area contributed by atoms with Crippen LogP contribution in [-0.2, 0) is 6.18 Å². The summed E-state index contributed by atoms with van der Waals surface area (Å²) < 4.78 is 37.9. The Labute approximate surface area is 130 Å². The Morgan fingerprint density at radius 1 is 1.24 bits per heavy atom. The smallest absolute Gasteiger partial charge is 0.349 e. The molecule has 0 aliphatic heterocycles. The summed E-state index contributed by atoms with van der Waals surface area (Å²) in [5.74, 6) is -0.196. The minimum absolute atomic E-state index is 0.00641. The van der Waals surface area contributed by atoms with Gasteiger partial charge in [0.2, 0.25) is 0 Å². The maximum Gasteiger partial charge on any atom is 0.416 e. The highest BCUT2D eigenvalue weighted by atomic mass is 35.5. The molecule has 0 saturated heterocycles. The summed E-state index contributed by atoms with van der Waals surface area (Å²) in [5.41, 5.74) is -1.08. The van der Waals surface area contributed by atoms with Gasteiger partial charge in [-0.1, -0.05) is 36.5 Å². The zero-order valence-corrected chi connectivity index (χ0v) is 12.7. The van der Waals surface area contributed by atoms with E-state index in [0.717, 1.165) is 31.4 Å². The maximum atomic E-state index is 12.6. The van der Waals surface area contributed by atoms with Gasteiger partial charge < -0.3 is 5.32 Å². The van der Waals surface area contributed by atoms with Crippen molar-refractivity contribution in [1.82, 2.24) is 5.32 Å². The average Bonchev–Trinajstić information content (AvgIpc) is 2.73. The molecule has 0 heterocycles. The van der Waals surface area contributed by atoms with Crippen molar-refractivity contribution in [3.05, 3.63) is 33.3 Å². The fourth-order valence-corrected chi connectivity index (χ4v) is 3.21. The maximum absolute atomic E-state index is 12.6. The summed E-state index contributed by atoms with van der Waals surface area (Å²) in [7, 11) is 0. The Morgan fingerprint density at radius 3 is 2.24 bits per heavy atom. The van der Waals surface area contributed by atoms with Crippen LogP contribution in [0, 0.1) is 5.92 Å². The molecule has 0 spiro atoms. The van der Waals surface area contributed by atoms with Gasteiger partial charge in [0.05, 0.1) is 21.2 Å². The Morgan fingerprint density at radius 2 is 1.81 bits per heavy atom. The van der Waals surface area contributed by atoms with Crippen LogP contribution in [0.25, 0.3) is 0 Å². The van der Waals surface area contributed by atoms with Crippen LogP contribution in [0.5, 0.6) is 0 Å². The molecule has 2 rings (SSSR count). The third kappa shape index (κ3) is 3.64. The molecule has 1 aromatic carbocycles. The molecular formula is C14H14Cl2F3NO. The van der Waals surface area contributed by atoms with Crippen molar-refractivity contribution < 1.29 is 18.0 Å². The number of carbonyl (C=O) groups excluding carboxylic acids is 1. The third-order valence-corrected chi connectivity index (χ3v) is 4.37. The first-order valence-electron chi connectivity index (χ1n) is 6.57. The standard InChI is InChI=1S/C14H14Cl2F3NO/c1-7-3-2-4-11(7)20-13(21)12-9(15)5-8(6-10(12)16)14(17,18)19/h5-7,11H,2-4H2,1H3,(H,20,21)/t7-,11?/m1/s1. The minimum Gasteiger partial charge on any atom is -0.349 e. The minimum atomic E-state index is -4.55. The van der Waals surface area contributed by atoms with Crippen molar-refractivity contribution in [2.75, 3.05) is 0 Å². The normalized spacial score (nSPS) is 22.4. The van der Waals surface area contributed by atoms with Crippen LogP contribution >= 0.6 is 23.2 Å². The predicted molar refractivity (Wildman–Crippen MR) is 75.7 cm³/mol. The van der Waals surface area contributed by atoms with E-state index in [0.29, 0.717) is 5.92 Å². The van der Waals surface area contributed by atoms with Crippen LogP contribution in [-0.4, -0.2) is 11.9 Å². The zero-order valence-electron chi connectivity index (χ0n) is 11.2. The van der Waals surface area contributed by atoms with E-state index >= 15 is 0 Å². The number of halogens is 5. The van der Waals surface area contributed by atoms with Crippen LogP contribution < -0.4 is 5.32 Å². The van der Waals surface area contributed by atoms with Crippen LogP contribution in [0.3, 0.4) is 0 Å². The number of carbonyl (C=O) groups is 1. The molecule has 1 aromatic rings. The molecule has 1 unspecified atom stereocenters. The van der Waals surface area contributed by atoms with E-state index in [2.05, 4.69) is 5.32 Å². The Bertz CT molecular complexity index is 537. The molecule has 116 valence electrons. The lowest BCUT2D eigenvalue weighted by atomic mass is 10.1. The van der Waals surface area contributed by atoms with Crippen LogP contribution in [0.2, 0.25) is 10.0 Å². The molecule has 1 fully saturated rings. The predicted octanol–water partition coefficient (Wildman–Crippen LogP) is 4.93. The lowest BCUT2D eigenvalue weighted by molar-refractivity contribution is -0.137. The van der Waals surface area contributed by atoms with E-state index in [-0.39, 0.29) is 21.7 Å². The van der Waals surface area contributed by atoms with E-state index in [1.807, 2.05) is 6.92 Å². The summed E-state index contributed by atoms with van der Waals surface area (Å²) in [5, 5.41) is 2.21. The van der Waals surface area contributed by atoms with Gasteiger partial charge in [0.25, 0.3) is 5.91 Å². The van der Waals surface area contributed by atoms with Gasteiger partial charge in [0, 0.05) is 6.04 Å². The molecular weight excluding hydrogens is 326 g/mol. The summed E-state index contributed by atoms with van der Waals surface area (Å²) in [4.78, 5) is 12.2. The van der Waals surface area contributed by atoms with Crippen molar-refractivity contribution in [3.8, 4) is 0 Å². The van der Waals surface area contributed by atoms with E-state index < -0.39 is 17.6 Å². The molecule has 2 nitrogen and oxygen atoms in total. The second-order valence-corrected chi connectivity index (χ2v) is 6.12. The zero-order chi connectivity index (χ0) is 15.8.